The Hall–Kier alpha value is -0.970. The van der Waals surface area contributed by atoms with E-state index in [1.54, 1.807) is 6.92 Å². The van der Waals surface area contributed by atoms with Crippen LogP contribution in [0.5, 0.6) is 0 Å². The van der Waals surface area contributed by atoms with E-state index in [0.29, 0.717) is 18.7 Å². The molecule has 1 unspecified atom stereocenters. The Morgan fingerprint density at radius 3 is 2.47 bits per heavy atom. The normalized spacial score (nSPS) is 14.2. The molecule has 1 heterocycles. The van der Waals surface area contributed by atoms with E-state index in [2.05, 4.69) is 5.32 Å². The Balaban J connectivity index is 2.81. The summed E-state index contributed by atoms with van der Waals surface area (Å²) in [6.45, 7) is 3.74. The van der Waals surface area contributed by atoms with Gasteiger partial charge < -0.3 is 4.42 Å². The quantitative estimate of drug-likeness (QED) is 0.844. The van der Waals surface area contributed by atoms with Crippen LogP contribution in [-0.2, 0) is 0 Å². The summed E-state index contributed by atoms with van der Waals surface area (Å²) in [4.78, 5) is 0. The molecule has 1 aromatic rings. The fraction of sp³-hybridized carbons (Fsp3) is 0.600. The Morgan fingerprint density at radius 1 is 1.40 bits per heavy atom. The van der Waals surface area contributed by atoms with Crippen LogP contribution < -0.4 is 5.32 Å². The van der Waals surface area contributed by atoms with Gasteiger partial charge in [-0.1, -0.05) is 6.92 Å². The highest BCUT2D eigenvalue weighted by molar-refractivity contribution is 5.11. The molecule has 1 rings (SSSR count). The van der Waals surface area contributed by atoms with Gasteiger partial charge in [-0.25, -0.2) is 0 Å². The van der Waals surface area contributed by atoms with E-state index in [1.807, 2.05) is 6.92 Å². The molecule has 1 aromatic heterocycles. The minimum absolute atomic E-state index is 0.0755. The molecule has 0 fully saturated rings. The van der Waals surface area contributed by atoms with Gasteiger partial charge in [-0.15, -0.1) is 0 Å². The first-order valence-electron chi connectivity index (χ1n) is 4.81. The van der Waals surface area contributed by atoms with Gasteiger partial charge in [0, 0.05) is 0 Å². The van der Waals surface area contributed by atoms with Crippen LogP contribution in [0.25, 0.3) is 0 Å². The maximum atomic E-state index is 12.6. The van der Waals surface area contributed by atoms with E-state index < -0.39 is 12.2 Å². The first kappa shape index (κ1) is 12.1. The molecule has 0 aromatic carbocycles. The van der Waals surface area contributed by atoms with Crippen molar-refractivity contribution in [2.75, 3.05) is 6.54 Å². The lowest BCUT2D eigenvalue weighted by atomic mass is 10.2. The lowest BCUT2D eigenvalue weighted by molar-refractivity contribution is -0.161. The van der Waals surface area contributed by atoms with Crippen molar-refractivity contribution >= 4 is 0 Å². The first-order chi connectivity index (χ1) is 6.95. The molecule has 0 aliphatic heterocycles. The van der Waals surface area contributed by atoms with Crippen LogP contribution in [0, 0.1) is 6.92 Å². The predicted molar refractivity (Wildman–Crippen MR) is 50.5 cm³/mol. The lowest BCUT2D eigenvalue weighted by Gasteiger charge is -2.19. The maximum Gasteiger partial charge on any atom is 0.410 e. The van der Waals surface area contributed by atoms with Crippen LogP contribution in [0.2, 0.25) is 0 Å². The van der Waals surface area contributed by atoms with Crippen LogP contribution in [0.15, 0.2) is 16.5 Å². The van der Waals surface area contributed by atoms with E-state index in [-0.39, 0.29) is 5.76 Å². The van der Waals surface area contributed by atoms with Crippen LogP contribution >= 0.6 is 0 Å². The highest BCUT2D eigenvalue weighted by atomic mass is 19.4. The lowest BCUT2D eigenvalue weighted by Crippen LogP contribution is -2.34. The van der Waals surface area contributed by atoms with Crippen molar-refractivity contribution in [3.63, 3.8) is 0 Å². The van der Waals surface area contributed by atoms with Gasteiger partial charge in [0.2, 0.25) is 0 Å². The van der Waals surface area contributed by atoms with Crippen LogP contribution in [-0.4, -0.2) is 12.7 Å². The Kier molecular flexibility index (Phi) is 3.79. The van der Waals surface area contributed by atoms with E-state index in [1.165, 1.54) is 12.1 Å². The summed E-state index contributed by atoms with van der Waals surface area (Å²) in [5.74, 6) is 0.408. The summed E-state index contributed by atoms with van der Waals surface area (Å²) in [6, 6.07) is 1.18. The van der Waals surface area contributed by atoms with E-state index in [4.69, 9.17) is 4.42 Å². The van der Waals surface area contributed by atoms with Gasteiger partial charge in [0.15, 0.2) is 6.04 Å². The second-order valence-electron chi connectivity index (χ2n) is 3.38. The predicted octanol–water partition coefficient (Wildman–Crippen LogP) is 3.19. The third kappa shape index (κ3) is 3.27. The Morgan fingerprint density at radius 2 is 2.07 bits per heavy atom. The third-order valence-electron chi connectivity index (χ3n) is 1.97. The van der Waals surface area contributed by atoms with Crippen molar-refractivity contribution in [1.29, 1.82) is 0 Å². The Labute approximate surface area is 86.5 Å². The zero-order chi connectivity index (χ0) is 11.5. The van der Waals surface area contributed by atoms with Gasteiger partial charge in [-0.2, -0.15) is 13.2 Å². The fourth-order valence-corrected chi connectivity index (χ4v) is 1.27. The minimum atomic E-state index is -4.32. The standard InChI is InChI=1S/C10H14F3NO/c1-3-6-14-9(10(11,12)13)8-5-4-7(2)15-8/h4-5,9,14H,3,6H2,1-2H3. The minimum Gasteiger partial charge on any atom is -0.464 e. The SMILES string of the molecule is CCCNC(c1ccc(C)o1)C(F)(F)F. The number of rotatable bonds is 4. The summed E-state index contributed by atoms with van der Waals surface area (Å²) in [5, 5.41) is 2.42. The second-order valence-corrected chi connectivity index (χ2v) is 3.38. The molecule has 0 bridgehead atoms. The molecule has 86 valence electrons. The van der Waals surface area contributed by atoms with Crippen molar-refractivity contribution in [3.05, 3.63) is 23.7 Å². The number of nitrogens with one attached hydrogen (secondary N) is 1. The number of furan rings is 1. The highest BCUT2D eigenvalue weighted by Crippen LogP contribution is 2.33. The zero-order valence-corrected chi connectivity index (χ0v) is 8.69. The average Bonchev–Trinajstić information content (AvgIpc) is 2.50. The van der Waals surface area contributed by atoms with Gasteiger partial charge in [0.1, 0.15) is 11.5 Å². The molecule has 0 radical (unpaired) electrons. The van der Waals surface area contributed by atoms with Crippen molar-refractivity contribution in [3.8, 4) is 0 Å². The molecule has 5 heteroatoms. The first-order valence-corrected chi connectivity index (χ1v) is 4.81. The van der Waals surface area contributed by atoms with Crippen molar-refractivity contribution < 1.29 is 17.6 Å². The van der Waals surface area contributed by atoms with Gasteiger partial charge in [0.25, 0.3) is 0 Å². The van der Waals surface area contributed by atoms with E-state index in [0.717, 1.165) is 0 Å². The van der Waals surface area contributed by atoms with Crippen molar-refractivity contribution in [2.45, 2.75) is 32.5 Å². The number of hydrogen-bond acceptors (Lipinski definition) is 2. The molecule has 0 aliphatic rings. The molecule has 0 saturated heterocycles. The summed E-state index contributed by atoms with van der Waals surface area (Å²) in [5.41, 5.74) is 0. The monoisotopic (exact) mass is 221 g/mol. The molecule has 1 atom stereocenters. The van der Waals surface area contributed by atoms with Crippen LogP contribution in [0.1, 0.15) is 30.9 Å². The van der Waals surface area contributed by atoms with Crippen molar-refractivity contribution in [1.82, 2.24) is 5.32 Å². The smallest absolute Gasteiger partial charge is 0.410 e. The highest BCUT2D eigenvalue weighted by Gasteiger charge is 2.42. The number of halogens is 3. The molecule has 0 amide bonds. The van der Waals surface area contributed by atoms with E-state index >= 15 is 0 Å². The number of alkyl halides is 3. The zero-order valence-electron chi connectivity index (χ0n) is 8.69. The molecule has 1 N–H and O–H groups in total. The molecular formula is C10H14F3NO. The molecule has 0 aliphatic carbocycles. The fourth-order valence-electron chi connectivity index (χ4n) is 1.27. The van der Waals surface area contributed by atoms with Gasteiger partial charge >= 0.3 is 6.18 Å². The number of hydrogen-bond donors (Lipinski definition) is 1. The summed E-state index contributed by atoms with van der Waals surface area (Å²) >= 11 is 0. The molecule has 0 saturated carbocycles. The van der Waals surface area contributed by atoms with Crippen LogP contribution in [0.3, 0.4) is 0 Å². The Bertz CT molecular complexity index is 306. The average molecular weight is 221 g/mol. The molecule has 15 heavy (non-hydrogen) atoms. The third-order valence-corrected chi connectivity index (χ3v) is 1.97. The molecular weight excluding hydrogens is 207 g/mol. The van der Waals surface area contributed by atoms with Gasteiger partial charge in [-0.05, 0) is 32.0 Å². The summed E-state index contributed by atoms with van der Waals surface area (Å²) < 4.78 is 42.8. The summed E-state index contributed by atoms with van der Waals surface area (Å²) in [7, 11) is 0. The van der Waals surface area contributed by atoms with E-state index in [9.17, 15) is 13.2 Å². The number of aryl methyl sites for hydroxylation is 1. The molecule has 2 nitrogen and oxygen atoms in total. The van der Waals surface area contributed by atoms with Crippen molar-refractivity contribution in [2.24, 2.45) is 0 Å². The summed E-state index contributed by atoms with van der Waals surface area (Å²) in [6.07, 6.45) is -3.67. The molecule has 0 spiro atoms. The second kappa shape index (κ2) is 4.70. The topological polar surface area (TPSA) is 25.2 Å². The van der Waals surface area contributed by atoms with Gasteiger partial charge in [-0.3, -0.25) is 5.32 Å². The van der Waals surface area contributed by atoms with Gasteiger partial charge in [0.05, 0.1) is 0 Å². The maximum absolute atomic E-state index is 12.6. The largest absolute Gasteiger partial charge is 0.464 e. The van der Waals surface area contributed by atoms with Crippen LogP contribution in [0.4, 0.5) is 13.2 Å².